The van der Waals surface area contributed by atoms with Gasteiger partial charge in [0.1, 0.15) is 0 Å². The van der Waals surface area contributed by atoms with Gasteiger partial charge in [0.15, 0.2) is 5.96 Å². The maximum absolute atomic E-state index is 12.5. The van der Waals surface area contributed by atoms with Crippen LogP contribution in [0.4, 0.5) is 0 Å². The number of nitrogens with zero attached hydrogens (tertiary/aromatic N) is 1. The van der Waals surface area contributed by atoms with Crippen molar-refractivity contribution in [3.63, 3.8) is 0 Å². The van der Waals surface area contributed by atoms with Gasteiger partial charge >= 0.3 is 0 Å². The van der Waals surface area contributed by atoms with Crippen molar-refractivity contribution in [2.45, 2.75) is 65.5 Å². The molecule has 174 valence electrons. The summed E-state index contributed by atoms with van der Waals surface area (Å²) in [6.07, 6.45) is 4.97. The number of ether oxygens (including phenoxy) is 1. The lowest BCUT2D eigenvalue weighted by Gasteiger charge is -2.32. The smallest absolute Gasteiger partial charge is 0.251 e. The molecule has 0 radical (unpaired) electrons. The molecule has 7 nitrogen and oxygen atoms in total. The SMILES string of the molecule is CCNC(=NCc1cccc(C(=O)NCC2CCCO2)c1)NCC(CC)(CC)CCO. The second-order valence-electron chi connectivity index (χ2n) is 8.27. The average Bonchev–Trinajstić information content (AvgIpc) is 3.32. The van der Waals surface area contributed by atoms with Gasteiger partial charge < -0.3 is 25.8 Å². The van der Waals surface area contributed by atoms with E-state index in [1.54, 1.807) is 0 Å². The number of hydrogen-bond donors (Lipinski definition) is 4. The van der Waals surface area contributed by atoms with E-state index >= 15 is 0 Å². The van der Waals surface area contributed by atoms with Gasteiger partial charge in [0.2, 0.25) is 0 Å². The second kappa shape index (κ2) is 13.3. The Hall–Kier alpha value is -2.12. The Kier molecular flexibility index (Phi) is 10.8. The number of guanidine groups is 1. The van der Waals surface area contributed by atoms with Crippen LogP contribution in [-0.2, 0) is 11.3 Å². The van der Waals surface area contributed by atoms with Crippen molar-refractivity contribution in [3.8, 4) is 0 Å². The van der Waals surface area contributed by atoms with Crippen LogP contribution in [0.25, 0.3) is 0 Å². The van der Waals surface area contributed by atoms with Gasteiger partial charge in [-0.3, -0.25) is 4.79 Å². The zero-order valence-electron chi connectivity index (χ0n) is 19.4. The molecule has 0 bridgehead atoms. The number of benzene rings is 1. The lowest BCUT2D eigenvalue weighted by atomic mass is 9.79. The summed E-state index contributed by atoms with van der Waals surface area (Å²) >= 11 is 0. The highest BCUT2D eigenvalue weighted by atomic mass is 16.5. The number of aliphatic hydroxyl groups excluding tert-OH is 1. The summed E-state index contributed by atoms with van der Waals surface area (Å²) in [6.45, 7) is 9.92. The summed E-state index contributed by atoms with van der Waals surface area (Å²) in [5.74, 6) is 0.672. The normalized spacial score (nSPS) is 16.9. The first-order valence-electron chi connectivity index (χ1n) is 11.7. The highest BCUT2D eigenvalue weighted by Crippen LogP contribution is 2.29. The second-order valence-corrected chi connectivity index (χ2v) is 8.27. The predicted molar refractivity (Wildman–Crippen MR) is 125 cm³/mol. The zero-order chi connectivity index (χ0) is 22.5. The number of carbonyl (C=O) groups is 1. The van der Waals surface area contributed by atoms with Crippen molar-refractivity contribution in [2.75, 3.05) is 32.8 Å². The number of carbonyl (C=O) groups excluding carboxylic acids is 1. The Labute approximate surface area is 187 Å². The number of amides is 1. The first kappa shape index (κ1) is 25.1. The molecule has 0 aliphatic carbocycles. The van der Waals surface area contributed by atoms with Crippen LogP contribution in [0.1, 0.15) is 68.8 Å². The molecule has 1 saturated heterocycles. The maximum Gasteiger partial charge on any atom is 0.251 e. The fourth-order valence-corrected chi connectivity index (χ4v) is 3.89. The summed E-state index contributed by atoms with van der Waals surface area (Å²) in [5.41, 5.74) is 1.68. The highest BCUT2D eigenvalue weighted by molar-refractivity contribution is 5.94. The van der Waals surface area contributed by atoms with Gasteiger partial charge in [-0.1, -0.05) is 26.0 Å². The molecular weight excluding hydrogens is 392 g/mol. The van der Waals surface area contributed by atoms with Gasteiger partial charge in [0.25, 0.3) is 5.91 Å². The van der Waals surface area contributed by atoms with E-state index in [2.05, 4.69) is 29.8 Å². The molecule has 1 aromatic carbocycles. The maximum atomic E-state index is 12.5. The molecule has 7 heteroatoms. The fraction of sp³-hybridized carbons (Fsp3) is 0.667. The monoisotopic (exact) mass is 432 g/mol. The molecule has 1 atom stereocenters. The van der Waals surface area contributed by atoms with E-state index in [0.29, 0.717) is 18.7 Å². The van der Waals surface area contributed by atoms with Crippen LogP contribution in [0.5, 0.6) is 0 Å². The molecule has 31 heavy (non-hydrogen) atoms. The van der Waals surface area contributed by atoms with Crippen LogP contribution < -0.4 is 16.0 Å². The van der Waals surface area contributed by atoms with E-state index in [-0.39, 0.29) is 24.0 Å². The van der Waals surface area contributed by atoms with Gasteiger partial charge in [0, 0.05) is 38.4 Å². The van der Waals surface area contributed by atoms with Crippen molar-refractivity contribution in [1.29, 1.82) is 0 Å². The Bertz CT molecular complexity index is 698. The Balaban J connectivity index is 1.96. The lowest BCUT2D eigenvalue weighted by molar-refractivity contribution is 0.0857. The first-order valence-corrected chi connectivity index (χ1v) is 11.7. The number of aliphatic hydroxyl groups is 1. The van der Waals surface area contributed by atoms with E-state index in [4.69, 9.17) is 9.73 Å². The van der Waals surface area contributed by atoms with E-state index in [9.17, 15) is 9.90 Å². The predicted octanol–water partition coefficient (Wildman–Crippen LogP) is 2.84. The molecule has 0 spiro atoms. The topological polar surface area (TPSA) is 95.0 Å². The molecule has 0 aromatic heterocycles. The van der Waals surface area contributed by atoms with Gasteiger partial charge in [-0.05, 0) is 62.1 Å². The number of rotatable bonds is 12. The molecule has 1 unspecified atom stereocenters. The summed E-state index contributed by atoms with van der Waals surface area (Å²) in [4.78, 5) is 17.2. The van der Waals surface area contributed by atoms with Gasteiger partial charge in [-0.2, -0.15) is 0 Å². The number of hydrogen-bond acceptors (Lipinski definition) is 4. The van der Waals surface area contributed by atoms with Crippen LogP contribution in [0.3, 0.4) is 0 Å². The van der Waals surface area contributed by atoms with Gasteiger partial charge in [0.05, 0.1) is 12.6 Å². The molecule has 2 rings (SSSR count). The van der Waals surface area contributed by atoms with Crippen LogP contribution in [0.15, 0.2) is 29.3 Å². The third-order valence-corrected chi connectivity index (χ3v) is 6.24. The summed E-state index contributed by atoms with van der Waals surface area (Å²) in [5, 5.41) is 19.1. The third kappa shape index (κ3) is 8.15. The minimum atomic E-state index is -0.0777. The van der Waals surface area contributed by atoms with Crippen molar-refractivity contribution >= 4 is 11.9 Å². The Morgan fingerprint density at radius 2 is 2.03 bits per heavy atom. The van der Waals surface area contributed by atoms with E-state index in [1.165, 1.54) is 0 Å². The van der Waals surface area contributed by atoms with Crippen molar-refractivity contribution in [2.24, 2.45) is 10.4 Å². The molecular formula is C24H40N4O3. The molecule has 1 heterocycles. The highest BCUT2D eigenvalue weighted by Gasteiger charge is 2.25. The minimum Gasteiger partial charge on any atom is -0.396 e. The molecule has 1 amide bonds. The standard InChI is InChI=1S/C24H40N4O3/c1-4-24(5-2,12-13-29)18-28-23(25-6-3)27-16-19-9-7-10-20(15-19)22(30)26-17-21-11-8-14-31-21/h7,9-10,15,21,29H,4-6,8,11-14,16-18H2,1-3H3,(H,26,30)(H2,25,27,28). The Morgan fingerprint density at radius 3 is 2.68 bits per heavy atom. The Morgan fingerprint density at radius 1 is 1.23 bits per heavy atom. The van der Waals surface area contributed by atoms with Crippen LogP contribution >= 0.6 is 0 Å². The molecule has 1 fully saturated rings. The largest absolute Gasteiger partial charge is 0.396 e. The van der Waals surface area contributed by atoms with Gasteiger partial charge in [-0.25, -0.2) is 4.99 Å². The van der Waals surface area contributed by atoms with E-state index < -0.39 is 0 Å². The zero-order valence-corrected chi connectivity index (χ0v) is 19.4. The lowest BCUT2D eigenvalue weighted by Crippen LogP contribution is -2.43. The third-order valence-electron chi connectivity index (χ3n) is 6.24. The van der Waals surface area contributed by atoms with E-state index in [0.717, 1.165) is 63.3 Å². The summed E-state index contributed by atoms with van der Waals surface area (Å²) in [6, 6.07) is 7.60. The average molecular weight is 433 g/mol. The van der Waals surface area contributed by atoms with Crippen molar-refractivity contribution < 1.29 is 14.6 Å². The molecule has 1 aromatic rings. The number of aliphatic imine (C=N–C) groups is 1. The first-order chi connectivity index (χ1) is 15.1. The quantitative estimate of drug-likeness (QED) is 0.301. The molecule has 0 saturated carbocycles. The van der Waals surface area contributed by atoms with Crippen molar-refractivity contribution in [1.82, 2.24) is 16.0 Å². The van der Waals surface area contributed by atoms with Crippen LogP contribution in [-0.4, -0.2) is 55.9 Å². The van der Waals surface area contributed by atoms with Crippen LogP contribution in [0.2, 0.25) is 0 Å². The fourth-order valence-electron chi connectivity index (χ4n) is 3.89. The van der Waals surface area contributed by atoms with Crippen LogP contribution in [0, 0.1) is 5.41 Å². The molecule has 1 aliphatic heterocycles. The number of nitrogens with one attached hydrogen (secondary N) is 3. The van der Waals surface area contributed by atoms with Crippen molar-refractivity contribution in [3.05, 3.63) is 35.4 Å². The molecule has 4 N–H and O–H groups in total. The summed E-state index contributed by atoms with van der Waals surface area (Å²) < 4.78 is 5.57. The van der Waals surface area contributed by atoms with E-state index in [1.807, 2.05) is 31.2 Å². The summed E-state index contributed by atoms with van der Waals surface area (Å²) in [7, 11) is 0. The van der Waals surface area contributed by atoms with Gasteiger partial charge in [-0.15, -0.1) is 0 Å². The minimum absolute atomic E-state index is 0.0615. The molecule has 1 aliphatic rings.